The predicted molar refractivity (Wildman–Crippen MR) is 86.1 cm³/mol. The SMILES string of the molecule is NC(=O)c1ccc(SCC(=O)N2CCCC(N)C2)c([N+](=O)[O-])c1. The highest BCUT2D eigenvalue weighted by Crippen LogP contribution is 2.30. The van der Waals surface area contributed by atoms with Crippen LogP contribution in [0.3, 0.4) is 0 Å². The van der Waals surface area contributed by atoms with E-state index in [4.69, 9.17) is 11.5 Å². The van der Waals surface area contributed by atoms with Gasteiger partial charge < -0.3 is 16.4 Å². The highest BCUT2D eigenvalue weighted by molar-refractivity contribution is 8.00. The molecule has 1 saturated heterocycles. The third-order valence-corrected chi connectivity index (χ3v) is 4.65. The van der Waals surface area contributed by atoms with E-state index in [9.17, 15) is 19.7 Å². The molecule has 0 saturated carbocycles. The van der Waals surface area contributed by atoms with E-state index in [0.717, 1.165) is 30.7 Å². The number of hydrogen-bond acceptors (Lipinski definition) is 6. The van der Waals surface area contributed by atoms with E-state index < -0.39 is 10.8 Å². The molecule has 1 aromatic rings. The van der Waals surface area contributed by atoms with Gasteiger partial charge in [0.2, 0.25) is 11.8 Å². The van der Waals surface area contributed by atoms with E-state index in [0.29, 0.717) is 18.0 Å². The Morgan fingerprint density at radius 3 is 2.78 bits per heavy atom. The van der Waals surface area contributed by atoms with Crippen LogP contribution in [0.4, 0.5) is 5.69 Å². The molecule has 23 heavy (non-hydrogen) atoms. The lowest BCUT2D eigenvalue weighted by molar-refractivity contribution is -0.387. The number of carbonyl (C=O) groups excluding carboxylic acids is 2. The zero-order valence-corrected chi connectivity index (χ0v) is 13.3. The van der Waals surface area contributed by atoms with Crippen molar-refractivity contribution < 1.29 is 14.5 Å². The Morgan fingerprint density at radius 1 is 1.43 bits per heavy atom. The largest absolute Gasteiger partial charge is 0.366 e. The first-order valence-corrected chi connectivity index (χ1v) is 8.11. The Morgan fingerprint density at radius 2 is 2.17 bits per heavy atom. The number of nitro benzene ring substituents is 1. The van der Waals surface area contributed by atoms with E-state index in [1.54, 1.807) is 4.90 Å². The van der Waals surface area contributed by atoms with Crippen LogP contribution < -0.4 is 11.5 Å². The summed E-state index contributed by atoms with van der Waals surface area (Å²) in [5, 5.41) is 11.1. The minimum absolute atomic E-state index is 0.0121. The minimum atomic E-state index is -0.733. The van der Waals surface area contributed by atoms with Crippen molar-refractivity contribution in [2.75, 3.05) is 18.8 Å². The lowest BCUT2D eigenvalue weighted by Gasteiger charge is -2.30. The molecular weight excluding hydrogens is 320 g/mol. The van der Waals surface area contributed by atoms with Gasteiger partial charge in [-0.3, -0.25) is 19.7 Å². The summed E-state index contributed by atoms with van der Waals surface area (Å²) in [4.78, 5) is 35.8. The standard InChI is InChI=1S/C14H18N4O4S/c15-10-2-1-5-17(7-10)13(19)8-23-12-4-3-9(14(16)20)6-11(12)18(21)22/h3-4,6,10H,1-2,5,7-8,15H2,(H2,16,20). The summed E-state index contributed by atoms with van der Waals surface area (Å²) in [7, 11) is 0. The molecule has 2 amide bonds. The van der Waals surface area contributed by atoms with Crippen molar-refractivity contribution in [2.24, 2.45) is 11.5 Å². The Kier molecular flexibility index (Phi) is 5.56. The number of hydrogen-bond donors (Lipinski definition) is 2. The molecule has 1 aromatic carbocycles. The zero-order chi connectivity index (χ0) is 17.0. The van der Waals surface area contributed by atoms with Crippen molar-refractivity contribution in [1.29, 1.82) is 0 Å². The average molecular weight is 338 g/mol. The van der Waals surface area contributed by atoms with Crippen LogP contribution in [0.5, 0.6) is 0 Å². The van der Waals surface area contributed by atoms with Crippen molar-refractivity contribution in [1.82, 2.24) is 4.90 Å². The number of likely N-dealkylation sites (tertiary alicyclic amines) is 1. The average Bonchev–Trinajstić information content (AvgIpc) is 2.52. The van der Waals surface area contributed by atoms with Gasteiger partial charge in [0.25, 0.3) is 5.69 Å². The van der Waals surface area contributed by atoms with E-state index in [1.807, 2.05) is 0 Å². The summed E-state index contributed by atoms with van der Waals surface area (Å²) in [5.74, 6) is -0.745. The second kappa shape index (κ2) is 7.42. The lowest BCUT2D eigenvalue weighted by Crippen LogP contribution is -2.46. The first-order valence-electron chi connectivity index (χ1n) is 7.13. The van der Waals surface area contributed by atoms with Crippen LogP contribution in [0.25, 0.3) is 0 Å². The Bertz CT molecular complexity index is 637. The zero-order valence-electron chi connectivity index (χ0n) is 12.4. The Hall–Kier alpha value is -2.13. The van der Waals surface area contributed by atoms with Crippen molar-refractivity contribution >= 4 is 29.3 Å². The quantitative estimate of drug-likeness (QED) is 0.462. The molecule has 4 N–H and O–H groups in total. The predicted octanol–water partition coefficient (Wildman–Crippen LogP) is 0.736. The number of nitro groups is 1. The van der Waals surface area contributed by atoms with E-state index in [-0.39, 0.29) is 29.0 Å². The lowest BCUT2D eigenvalue weighted by atomic mass is 10.1. The van der Waals surface area contributed by atoms with E-state index >= 15 is 0 Å². The van der Waals surface area contributed by atoms with E-state index in [2.05, 4.69) is 0 Å². The molecule has 124 valence electrons. The highest BCUT2D eigenvalue weighted by atomic mass is 32.2. The van der Waals surface area contributed by atoms with Crippen molar-refractivity contribution in [3.05, 3.63) is 33.9 Å². The van der Waals surface area contributed by atoms with Gasteiger partial charge in [0.05, 0.1) is 15.6 Å². The molecule has 1 aliphatic rings. The van der Waals surface area contributed by atoms with Crippen LogP contribution in [-0.4, -0.2) is 46.5 Å². The number of primary amides is 1. The molecule has 0 aliphatic carbocycles. The molecule has 1 fully saturated rings. The smallest absolute Gasteiger partial charge is 0.283 e. The van der Waals surface area contributed by atoms with Gasteiger partial charge in [-0.05, 0) is 25.0 Å². The van der Waals surface area contributed by atoms with Crippen LogP contribution >= 0.6 is 11.8 Å². The summed E-state index contributed by atoms with van der Waals surface area (Å²) in [6.07, 6.45) is 1.77. The first-order chi connectivity index (χ1) is 10.9. The number of piperidine rings is 1. The van der Waals surface area contributed by atoms with Gasteiger partial charge in [-0.25, -0.2) is 0 Å². The Labute approximate surface area is 137 Å². The minimum Gasteiger partial charge on any atom is -0.366 e. The maximum atomic E-state index is 12.2. The topological polar surface area (TPSA) is 133 Å². The second-order valence-corrected chi connectivity index (χ2v) is 6.35. The molecular formula is C14H18N4O4S. The fourth-order valence-corrected chi connectivity index (χ4v) is 3.31. The number of carbonyl (C=O) groups is 2. The molecule has 9 heteroatoms. The van der Waals surface area contributed by atoms with Crippen LogP contribution in [-0.2, 0) is 4.79 Å². The Balaban J connectivity index is 2.06. The maximum absolute atomic E-state index is 12.2. The number of thioether (sulfide) groups is 1. The van der Waals surface area contributed by atoms with Gasteiger partial charge in [-0.15, -0.1) is 11.8 Å². The van der Waals surface area contributed by atoms with Crippen LogP contribution in [0.1, 0.15) is 23.2 Å². The number of nitrogens with zero attached hydrogens (tertiary/aromatic N) is 2. The molecule has 1 aliphatic heterocycles. The van der Waals surface area contributed by atoms with E-state index in [1.165, 1.54) is 12.1 Å². The second-order valence-electron chi connectivity index (χ2n) is 5.33. The normalized spacial score (nSPS) is 17.8. The third kappa shape index (κ3) is 4.42. The van der Waals surface area contributed by atoms with Crippen LogP contribution in [0.2, 0.25) is 0 Å². The molecule has 1 unspecified atom stereocenters. The fraction of sp³-hybridized carbons (Fsp3) is 0.429. The summed E-state index contributed by atoms with van der Waals surface area (Å²) in [5.41, 5.74) is 10.8. The summed E-state index contributed by atoms with van der Waals surface area (Å²) >= 11 is 1.07. The fourth-order valence-electron chi connectivity index (χ4n) is 2.40. The molecule has 0 aromatic heterocycles. The van der Waals surface area contributed by atoms with Gasteiger partial charge in [-0.2, -0.15) is 0 Å². The summed E-state index contributed by atoms with van der Waals surface area (Å²) in [6.45, 7) is 1.18. The van der Waals surface area contributed by atoms with Crippen LogP contribution in [0, 0.1) is 10.1 Å². The number of amides is 2. The molecule has 2 rings (SSSR count). The van der Waals surface area contributed by atoms with Crippen molar-refractivity contribution in [3.8, 4) is 0 Å². The summed E-state index contributed by atoms with van der Waals surface area (Å²) in [6, 6.07) is 3.98. The van der Waals surface area contributed by atoms with Crippen molar-refractivity contribution in [2.45, 2.75) is 23.8 Å². The van der Waals surface area contributed by atoms with Crippen molar-refractivity contribution in [3.63, 3.8) is 0 Å². The van der Waals surface area contributed by atoms with Crippen LogP contribution in [0.15, 0.2) is 23.1 Å². The van der Waals surface area contributed by atoms with Gasteiger partial charge in [0.1, 0.15) is 0 Å². The summed E-state index contributed by atoms with van der Waals surface area (Å²) < 4.78 is 0. The number of benzene rings is 1. The number of rotatable bonds is 5. The van der Waals surface area contributed by atoms with Gasteiger partial charge in [0, 0.05) is 30.8 Å². The monoisotopic (exact) mass is 338 g/mol. The third-order valence-electron chi connectivity index (χ3n) is 3.60. The molecule has 0 spiro atoms. The highest BCUT2D eigenvalue weighted by Gasteiger charge is 2.23. The van der Waals surface area contributed by atoms with Gasteiger partial charge in [0.15, 0.2) is 0 Å². The number of nitrogens with two attached hydrogens (primary N) is 2. The molecule has 8 nitrogen and oxygen atoms in total. The molecule has 1 atom stereocenters. The maximum Gasteiger partial charge on any atom is 0.283 e. The molecule has 0 bridgehead atoms. The van der Waals surface area contributed by atoms with Gasteiger partial charge >= 0.3 is 0 Å². The van der Waals surface area contributed by atoms with Gasteiger partial charge in [-0.1, -0.05) is 0 Å². The molecule has 0 radical (unpaired) electrons. The molecule has 1 heterocycles. The first kappa shape index (κ1) is 17.2.